The predicted octanol–water partition coefficient (Wildman–Crippen LogP) is 6.03. The maximum absolute atomic E-state index is 13.3. The first kappa shape index (κ1) is 21.3. The summed E-state index contributed by atoms with van der Waals surface area (Å²) >= 11 is 0. The fourth-order valence-corrected chi connectivity index (χ4v) is 4.69. The van der Waals surface area contributed by atoms with Gasteiger partial charge in [-0.2, -0.15) is 0 Å². The average molecular weight is 414 g/mol. The molecule has 3 aromatic carbocycles. The van der Waals surface area contributed by atoms with Crippen LogP contribution in [0.4, 0.5) is 0 Å². The van der Waals surface area contributed by atoms with Crippen LogP contribution in [0.1, 0.15) is 37.3 Å². The molecule has 3 aromatic rings. The summed E-state index contributed by atoms with van der Waals surface area (Å²) in [7, 11) is 0. The number of hydrogen-bond donors (Lipinski definition) is 0. The molecule has 0 radical (unpaired) electrons. The lowest BCUT2D eigenvalue weighted by molar-refractivity contribution is -0.126. The van der Waals surface area contributed by atoms with Crippen molar-refractivity contribution in [3.8, 4) is 11.5 Å². The summed E-state index contributed by atoms with van der Waals surface area (Å²) in [5, 5.41) is 0. The van der Waals surface area contributed by atoms with E-state index in [0.29, 0.717) is 12.2 Å². The normalized spacial score (nSPS) is 16.0. The Kier molecular flexibility index (Phi) is 6.83. The molecule has 0 atom stereocenters. The summed E-state index contributed by atoms with van der Waals surface area (Å²) in [6.45, 7) is 4.87. The van der Waals surface area contributed by atoms with Gasteiger partial charge in [0.05, 0.1) is 5.41 Å². The Hall–Kier alpha value is -2.91. The quantitative estimate of drug-likeness (QED) is 0.451. The Morgan fingerprint density at radius 2 is 1.48 bits per heavy atom. The lowest BCUT2D eigenvalue weighted by atomic mass is 9.68. The zero-order chi connectivity index (χ0) is 21.5. The fourth-order valence-electron chi connectivity index (χ4n) is 4.69. The van der Waals surface area contributed by atoms with E-state index in [2.05, 4.69) is 41.3 Å². The van der Waals surface area contributed by atoms with E-state index >= 15 is 0 Å². The largest absolute Gasteiger partial charge is 0.457 e. The standard InChI is InChI=1S/C28H31NO2/c1-2-27(30)28(18-21-29(22-19-28)20-17-23-11-5-3-6-12-23)25-15-9-10-16-26(25)31-24-13-7-4-8-14-24/h3-16H,2,17-22H2,1H3. The predicted molar refractivity (Wildman–Crippen MR) is 126 cm³/mol. The first-order chi connectivity index (χ1) is 15.2. The van der Waals surface area contributed by atoms with Crippen molar-refractivity contribution >= 4 is 5.78 Å². The van der Waals surface area contributed by atoms with Crippen LogP contribution in [0.5, 0.6) is 11.5 Å². The Morgan fingerprint density at radius 1 is 0.871 bits per heavy atom. The van der Waals surface area contributed by atoms with Crippen molar-refractivity contribution in [1.82, 2.24) is 4.90 Å². The van der Waals surface area contributed by atoms with Gasteiger partial charge in [0.1, 0.15) is 17.3 Å². The lowest BCUT2D eigenvalue weighted by Crippen LogP contribution is -2.47. The summed E-state index contributed by atoms with van der Waals surface area (Å²) in [4.78, 5) is 15.8. The SMILES string of the molecule is CCC(=O)C1(c2ccccc2Oc2ccccc2)CCN(CCc2ccccc2)CC1. The fraction of sp³-hybridized carbons (Fsp3) is 0.321. The Bertz CT molecular complexity index is 976. The van der Waals surface area contributed by atoms with Gasteiger partial charge in [-0.1, -0.05) is 73.7 Å². The van der Waals surface area contributed by atoms with Crippen molar-refractivity contribution in [2.24, 2.45) is 0 Å². The summed E-state index contributed by atoms with van der Waals surface area (Å²) in [6.07, 6.45) is 3.26. The number of hydrogen-bond acceptors (Lipinski definition) is 3. The van der Waals surface area contributed by atoms with Gasteiger partial charge >= 0.3 is 0 Å². The van der Waals surface area contributed by atoms with E-state index in [1.54, 1.807) is 0 Å². The van der Waals surface area contributed by atoms with Gasteiger partial charge in [-0.15, -0.1) is 0 Å². The third-order valence-corrected chi connectivity index (χ3v) is 6.50. The van der Waals surface area contributed by atoms with Gasteiger partial charge in [-0.05, 0) is 56.1 Å². The zero-order valence-corrected chi connectivity index (χ0v) is 18.3. The molecule has 0 unspecified atom stereocenters. The van der Waals surface area contributed by atoms with E-state index in [4.69, 9.17) is 4.74 Å². The molecule has 0 aromatic heterocycles. The van der Waals surface area contributed by atoms with Gasteiger partial charge in [0.15, 0.2) is 0 Å². The minimum Gasteiger partial charge on any atom is -0.457 e. The van der Waals surface area contributed by atoms with Gasteiger partial charge < -0.3 is 9.64 Å². The lowest BCUT2D eigenvalue weighted by Gasteiger charge is -2.41. The maximum atomic E-state index is 13.3. The number of para-hydroxylation sites is 2. The topological polar surface area (TPSA) is 29.5 Å². The smallest absolute Gasteiger partial charge is 0.143 e. The molecule has 1 aliphatic rings. The minimum absolute atomic E-state index is 0.319. The van der Waals surface area contributed by atoms with Crippen LogP contribution in [0.25, 0.3) is 0 Å². The summed E-state index contributed by atoms with van der Waals surface area (Å²) in [6, 6.07) is 28.6. The number of benzene rings is 3. The van der Waals surface area contributed by atoms with Crippen LogP contribution in [0.15, 0.2) is 84.9 Å². The number of carbonyl (C=O) groups is 1. The van der Waals surface area contributed by atoms with Crippen LogP contribution >= 0.6 is 0 Å². The molecule has 1 fully saturated rings. The van der Waals surface area contributed by atoms with E-state index in [-0.39, 0.29) is 0 Å². The molecule has 160 valence electrons. The number of Topliss-reactive ketones (excluding diaryl/α,β-unsaturated/α-hetero) is 1. The summed E-state index contributed by atoms with van der Waals surface area (Å²) < 4.78 is 6.25. The van der Waals surface area contributed by atoms with Crippen molar-refractivity contribution in [2.75, 3.05) is 19.6 Å². The number of ether oxygens (including phenoxy) is 1. The highest BCUT2D eigenvalue weighted by Gasteiger charge is 2.43. The van der Waals surface area contributed by atoms with Crippen LogP contribution in [-0.4, -0.2) is 30.3 Å². The van der Waals surface area contributed by atoms with E-state index in [9.17, 15) is 4.79 Å². The highest BCUT2D eigenvalue weighted by atomic mass is 16.5. The Labute approximate surface area is 185 Å². The summed E-state index contributed by atoms with van der Waals surface area (Å²) in [5.74, 6) is 1.92. The molecule has 1 heterocycles. The van der Waals surface area contributed by atoms with E-state index < -0.39 is 5.41 Å². The monoisotopic (exact) mass is 413 g/mol. The number of nitrogens with zero attached hydrogens (tertiary/aromatic N) is 1. The number of likely N-dealkylation sites (tertiary alicyclic amines) is 1. The van der Waals surface area contributed by atoms with Crippen LogP contribution in [0.2, 0.25) is 0 Å². The van der Waals surface area contributed by atoms with Gasteiger partial charge in [-0.25, -0.2) is 0 Å². The first-order valence-electron chi connectivity index (χ1n) is 11.3. The van der Waals surface area contributed by atoms with E-state index in [1.807, 2.05) is 55.5 Å². The maximum Gasteiger partial charge on any atom is 0.143 e. The minimum atomic E-state index is -0.469. The molecule has 0 bridgehead atoms. The second-order valence-electron chi connectivity index (χ2n) is 8.35. The Morgan fingerprint density at radius 3 is 2.16 bits per heavy atom. The van der Waals surface area contributed by atoms with E-state index in [1.165, 1.54) is 5.56 Å². The molecule has 31 heavy (non-hydrogen) atoms. The number of piperidine rings is 1. The van der Waals surface area contributed by atoms with Gasteiger partial charge in [-0.3, -0.25) is 4.79 Å². The Balaban J connectivity index is 1.53. The van der Waals surface area contributed by atoms with Crippen molar-refractivity contribution in [2.45, 2.75) is 38.0 Å². The molecule has 0 aliphatic carbocycles. The third kappa shape index (κ3) is 4.88. The van der Waals surface area contributed by atoms with Crippen molar-refractivity contribution < 1.29 is 9.53 Å². The molecule has 0 amide bonds. The van der Waals surface area contributed by atoms with Crippen LogP contribution in [0.3, 0.4) is 0 Å². The second kappa shape index (κ2) is 9.93. The second-order valence-corrected chi connectivity index (χ2v) is 8.35. The summed E-state index contributed by atoms with van der Waals surface area (Å²) in [5.41, 5.74) is 1.93. The highest BCUT2D eigenvalue weighted by molar-refractivity contribution is 5.91. The molecule has 4 rings (SSSR count). The molecular weight excluding hydrogens is 382 g/mol. The zero-order valence-electron chi connectivity index (χ0n) is 18.3. The molecule has 1 aliphatic heterocycles. The molecular formula is C28H31NO2. The average Bonchev–Trinajstić information content (AvgIpc) is 2.84. The molecule has 0 spiro atoms. The molecule has 0 saturated carbocycles. The van der Waals surface area contributed by atoms with Gasteiger partial charge in [0.25, 0.3) is 0 Å². The van der Waals surface area contributed by atoms with Gasteiger partial charge in [0, 0.05) is 18.5 Å². The molecule has 1 saturated heterocycles. The highest BCUT2D eigenvalue weighted by Crippen LogP contribution is 2.43. The third-order valence-electron chi connectivity index (χ3n) is 6.50. The molecule has 3 nitrogen and oxygen atoms in total. The number of rotatable bonds is 8. The molecule has 0 N–H and O–H groups in total. The first-order valence-corrected chi connectivity index (χ1v) is 11.3. The van der Waals surface area contributed by atoms with Crippen LogP contribution < -0.4 is 4.74 Å². The van der Waals surface area contributed by atoms with Crippen molar-refractivity contribution in [3.05, 3.63) is 96.1 Å². The van der Waals surface area contributed by atoms with Crippen LogP contribution in [-0.2, 0) is 16.6 Å². The molecule has 3 heteroatoms. The van der Waals surface area contributed by atoms with Crippen LogP contribution in [0, 0.1) is 0 Å². The van der Waals surface area contributed by atoms with Crippen molar-refractivity contribution in [1.29, 1.82) is 0 Å². The van der Waals surface area contributed by atoms with Crippen molar-refractivity contribution in [3.63, 3.8) is 0 Å². The van der Waals surface area contributed by atoms with Gasteiger partial charge in [0.2, 0.25) is 0 Å². The van der Waals surface area contributed by atoms with E-state index in [0.717, 1.165) is 56.0 Å². The number of carbonyl (C=O) groups excluding carboxylic acids is 1. The number of ketones is 1.